The van der Waals surface area contributed by atoms with Crippen LogP contribution in [0.1, 0.15) is 6.42 Å². The SMILES string of the molecule is NC1=[NH+]CC[C@H]([C@H](N)C(=O)[O-])N1. The minimum atomic E-state index is -1.26. The van der Waals surface area contributed by atoms with E-state index in [0.717, 1.165) is 0 Å². The van der Waals surface area contributed by atoms with Gasteiger partial charge in [0.15, 0.2) is 0 Å². The monoisotopic (exact) mass is 172 g/mol. The maximum atomic E-state index is 10.4. The van der Waals surface area contributed by atoms with E-state index in [-0.39, 0.29) is 6.04 Å². The lowest BCUT2D eigenvalue weighted by Crippen LogP contribution is -2.84. The van der Waals surface area contributed by atoms with E-state index in [1.165, 1.54) is 0 Å². The Hall–Kier alpha value is -1.30. The van der Waals surface area contributed by atoms with Gasteiger partial charge in [0, 0.05) is 6.42 Å². The fourth-order valence-electron chi connectivity index (χ4n) is 1.12. The second-order valence-corrected chi connectivity index (χ2v) is 2.72. The van der Waals surface area contributed by atoms with E-state index in [0.29, 0.717) is 18.9 Å². The number of nitrogens with one attached hydrogen (secondary N) is 2. The molecule has 68 valence electrons. The van der Waals surface area contributed by atoms with E-state index in [1.54, 1.807) is 0 Å². The van der Waals surface area contributed by atoms with Crippen LogP contribution in [0.3, 0.4) is 0 Å². The Balaban J connectivity index is 2.54. The summed E-state index contributed by atoms with van der Waals surface area (Å²) in [5, 5.41) is 13.1. The number of hydrogen-bond acceptors (Lipinski definition) is 5. The van der Waals surface area contributed by atoms with Crippen molar-refractivity contribution in [1.82, 2.24) is 5.32 Å². The van der Waals surface area contributed by atoms with Crippen molar-refractivity contribution >= 4 is 11.9 Å². The molecule has 12 heavy (non-hydrogen) atoms. The summed E-state index contributed by atoms with van der Waals surface area (Å²) in [6.45, 7) is 0.629. The molecule has 0 saturated carbocycles. The predicted molar refractivity (Wildman–Crippen MR) is 39.5 cm³/mol. The van der Waals surface area contributed by atoms with Gasteiger partial charge in [0.2, 0.25) is 0 Å². The fraction of sp³-hybridized carbons (Fsp3) is 0.667. The van der Waals surface area contributed by atoms with Crippen molar-refractivity contribution in [1.29, 1.82) is 0 Å². The zero-order valence-corrected chi connectivity index (χ0v) is 6.54. The third-order valence-corrected chi connectivity index (χ3v) is 1.82. The Bertz CT molecular complexity index is 216. The molecule has 0 radical (unpaired) electrons. The molecule has 1 aliphatic heterocycles. The number of aliphatic carboxylic acids is 1. The minimum Gasteiger partial charge on any atom is -0.548 e. The third-order valence-electron chi connectivity index (χ3n) is 1.82. The number of guanidine groups is 1. The molecule has 0 fully saturated rings. The molecule has 0 aliphatic carbocycles. The average Bonchev–Trinajstić information content (AvgIpc) is 2.03. The first-order chi connectivity index (χ1) is 5.61. The second-order valence-electron chi connectivity index (χ2n) is 2.72. The molecule has 6 heteroatoms. The van der Waals surface area contributed by atoms with E-state index in [1.807, 2.05) is 0 Å². The van der Waals surface area contributed by atoms with Crippen molar-refractivity contribution in [3.63, 3.8) is 0 Å². The smallest absolute Gasteiger partial charge is 0.341 e. The molecule has 0 aromatic rings. The maximum absolute atomic E-state index is 10.4. The van der Waals surface area contributed by atoms with Gasteiger partial charge in [-0.3, -0.25) is 16.0 Å². The molecule has 0 amide bonds. The van der Waals surface area contributed by atoms with Crippen LogP contribution >= 0.6 is 0 Å². The molecule has 2 atom stereocenters. The van der Waals surface area contributed by atoms with Crippen molar-refractivity contribution < 1.29 is 14.9 Å². The van der Waals surface area contributed by atoms with Crippen LogP contribution in [0.15, 0.2) is 0 Å². The van der Waals surface area contributed by atoms with Crippen LogP contribution in [0, 0.1) is 0 Å². The van der Waals surface area contributed by atoms with Crippen LogP contribution in [-0.2, 0) is 4.79 Å². The first-order valence-corrected chi connectivity index (χ1v) is 3.70. The highest BCUT2D eigenvalue weighted by Gasteiger charge is 2.25. The predicted octanol–water partition coefficient (Wildman–Crippen LogP) is -5.18. The fourth-order valence-corrected chi connectivity index (χ4v) is 1.12. The number of carboxylic acid groups (broad SMARTS) is 1. The number of carbonyl (C=O) groups excluding carboxylic acids is 1. The molecular weight excluding hydrogens is 160 g/mol. The quantitative estimate of drug-likeness (QED) is 0.332. The summed E-state index contributed by atoms with van der Waals surface area (Å²) in [6, 6.07) is -1.35. The third kappa shape index (κ3) is 1.85. The summed E-state index contributed by atoms with van der Waals surface area (Å²) < 4.78 is 0. The van der Waals surface area contributed by atoms with E-state index >= 15 is 0 Å². The van der Waals surface area contributed by atoms with Crippen LogP contribution in [0.5, 0.6) is 0 Å². The summed E-state index contributed by atoms with van der Waals surface area (Å²) in [5.41, 5.74) is 10.7. The van der Waals surface area contributed by atoms with Gasteiger partial charge in [-0.25, -0.2) is 0 Å². The molecule has 0 aromatic heterocycles. The normalized spacial score (nSPS) is 25.4. The van der Waals surface area contributed by atoms with Gasteiger partial charge in [-0.2, -0.15) is 0 Å². The number of carbonyl (C=O) groups is 1. The van der Waals surface area contributed by atoms with Crippen LogP contribution in [-0.4, -0.2) is 30.6 Å². The maximum Gasteiger partial charge on any atom is 0.341 e. The largest absolute Gasteiger partial charge is 0.548 e. The topological polar surface area (TPSA) is 118 Å². The Morgan fingerprint density at radius 3 is 3.00 bits per heavy atom. The molecule has 1 rings (SSSR count). The average molecular weight is 172 g/mol. The highest BCUT2D eigenvalue weighted by atomic mass is 16.4. The number of carboxylic acids is 1. The van der Waals surface area contributed by atoms with Gasteiger partial charge in [0.1, 0.15) is 0 Å². The summed E-state index contributed by atoms with van der Waals surface area (Å²) in [6.07, 6.45) is 0.621. The summed E-state index contributed by atoms with van der Waals surface area (Å²) in [7, 11) is 0. The Morgan fingerprint density at radius 1 is 1.83 bits per heavy atom. The van der Waals surface area contributed by atoms with Gasteiger partial charge in [-0.05, 0) is 0 Å². The number of rotatable bonds is 2. The second kappa shape index (κ2) is 3.40. The molecule has 1 heterocycles. The first-order valence-electron chi connectivity index (χ1n) is 3.70. The highest BCUT2D eigenvalue weighted by Crippen LogP contribution is 1.95. The van der Waals surface area contributed by atoms with Crippen LogP contribution < -0.4 is 26.9 Å². The number of hydrogen-bond donors (Lipinski definition) is 4. The lowest BCUT2D eigenvalue weighted by molar-refractivity contribution is -0.467. The minimum absolute atomic E-state index is 0.337. The standard InChI is InChI=1S/C6H12N4O2/c7-4(5(11)12)3-1-2-9-6(8)10-3/h3-4H,1-2,7H2,(H,11,12)(H3,8,9,10)/t3-,4+/m1/s1. The summed E-state index contributed by atoms with van der Waals surface area (Å²) >= 11 is 0. The zero-order valence-electron chi connectivity index (χ0n) is 6.54. The Morgan fingerprint density at radius 2 is 2.50 bits per heavy atom. The van der Waals surface area contributed by atoms with Crippen molar-refractivity contribution in [2.45, 2.75) is 18.5 Å². The summed E-state index contributed by atoms with van der Waals surface area (Å²) in [5.74, 6) is -0.898. The Labute approximate surface area is 69.6 Å². The van der Waals surface area contributed by atoms with Crippen LogP contribution in [0.25, 0.3) is 0 Å². The Kier molecular flexibility index (Phi) is 2.49. The van der Waals surface area contributed by atoms with Crippen molar-refractivity contribution in [3.8, 4) is 0 Å². The van der Waals surface area contributed by atoms with Crippen LogP contribution in [0.4, 0.5) is 0 Å². The van der Waals surface area contributed by atoms with Gasteiger partial charge < -0.3 is 15.6 Å². The van der Waals surface area contributed by atoms with E-state index in [2.05, 4.69) is 10.3 Å². The van der Waals surface area contributed by atoms with E-state index in [9.17, 15) is 9.90 Å². The van der Waals surface area contributed by atoms with Crippen molar-refractivity contribution in [3.05, 3.63) is 0 Å². The lowest BCUT2D eigenvalue weighted by atomic mass is 10.1. The van der Waals surface area contributed by atoms with E-state index < -0.39 is 12.0 Å². The first kappa shape index (κ1) is 8.79. The highest BCUT2D eigenvalue weighted by molar-refractivity contribution is 5.76. The van der Waals surface area contributed by atoms with Crippen LogP contribution in [0.2, 0.25) is 0 Å². The molecule has 0 unspecified atom stereocenters. The number of nitrogens with two attached hydrogens (primary N) is 2. The van der Waals surface area contributed by atoms with Gasteiger partial charge in [0.25, 0.3) is 0 Å². The van der Waals surface area contributed by atoms with Gasteiger partial charge in [-0.15, -0.1) is 0 Å². The van der Waals surface area contributed by atoms with Gasteiger partial charge in [0.05, 0.1) is 24.6 Å². The van der Waals surface area contributed by atoms with Crippen molar-refractivity contribution in [2.24, 2.45) is 11.5 Å². The molecule has 0 spiro atoms. The van der Waals surface area contributed by atoms with E-state index in [4.69, 9.17) is 11.5 Å². The van der Waals surface area contributed by atoms with Gasteiger partial charge >= 0.3 is 5.96 Å². The van der Waals surface area contributed by atoms with Crippen molar-refractivity contribution in [2.75, 3.05) is 6.54 Å². The molecule has 1 aliphatic rings. The molecule has 0 bridgehead atoms. The molecule has 0 aromatic carbocycles. The summed E-state index contributed by atoms with van der Waals surface area (Å²) in [4.78, 5) is 13.2. The lowest BCUT2D eigenvalue weighted by Gasteiger charge is -2.24. The van der Waals surface area contributed by atoms with Gasteiger partial charge in [-0.1, -0.05) is 0 Å². The molecule has 6 N–H and O–H groups in total. The zero-order chi connectivity index (χ0) is 9.14. The molecule has 0 saturated heterocycles. The molecular formula is C6H12N4O2. The molecule has 6 nitrogen and oxygen atoms in total.